The maximum absolute atomic E-state index is 6.25. The van der Waals surface area contributed by atoms with Crippen LogP contribution in [0.3, 0.4) is 0 Å². The van der Waals surface area contributed by atoms with E-state index in [1.807, 2.05) is 0 Å². The van der Waals surface area contributed by atoms with Crippen LogP contribution in [0, 0.1) is 17.8 Å². The van der Waals surface area contributed by atoms with Crippen molar-refractivity contribution < 1.29 is 4.74 Å². The summed E-state index contributed by atoms with van der Waals surface area (Å²) in [7, 11) is 2.11. The highest BCUT2D eigenvalue weighted by molar-refractivity contribution is 4.80. The summed E-state index contributed by atoms with van der Waals surface area (Å²) in [6.07, 6.45) is 11.5. The van der Waals surface area contributed by atoms with Crippen molar-refractivity contribution in [3.05, 3.63) is 0 Å². The van der Waals surface area contributed by atoms with E-state index in [9.17, 15) is 0 Å². The lowest BCUT2D eigenvalue weighted by atomic mass is 9.80. The van der Waals surface area contributed by atoms with Crippen molar-refractivity contribution in [1.82, 2.24) is 5.32 Å². The minimum atomic E-state index is 0.519. The molecule has 2 aliphatic rings. The zero-order valence-corrected chi connectivity index (χ0v) is 13.2. The fraction of sp³-hybridized carbons (Fsp3) is 1.00. The molecule has 2 saturated carbocycles. The van der Waals surface area contributed by atoms with Crippen LogP contribution in [0.4, 0.5) is 0 Å². The van der Waals surface area contributed by atoms with Gasteiger partial charge in [-0.2, -0.15) is 0 Å². The van der Waals surface area contributed by atoms with Crippen molar-refractivity contribution in [3.63, 3.8) is 0 Å². The topological polar surface area (TPSA) is 21.3 Å². The predicted octanol–water partition coefficient (Wildman–Crippen LogP) is 4.00. The molecule has 1 N–H and O–H groups in total. The molecular formula is C17H33NO. The first-order valence-electron chi connectivity index (χ1n) is 8.49. The van der Waals surface area contributed by atoms with Crippen LogP contribution in [0.2, 0.25) is 0 Å². The summed E-state index contributed by atoms with van der Waals surface area (Å²) in [6, 6.07) is 0.579. The van der Waals surface area contributed by atoms with Crippen LogP contribution < -0.4 is 5.32 Å². The molecule has 0 bridgehead atoms. The van der Waals surface area contributed by atoms with Gasteiger partial charge in [0.1, 0.15) is 0 Å². The number of hydrogen-bond donors (Lipinski definition) is 1. The molecular weight excluding hydrogens is 234 g/mol. The molecule has 4 unspecified atom stereocenters. The summed E-state index contributed by atoms with van der Waals surface area (Å²) in [5.74, 6) is 2.57. The van der Waals surface area contributed by atoms with E-state index in [2.05, 4.69) is 26.2 Å². The second-order valence-corrected chi connectivity index (χ2v) is 7.02. The standard InChI is InChI=1S/C17H33NO/c1-13-9-10-16(11-14(13)2)19-12-17(18-3)15-7-5-4-6-8-15/h13-18H,4-12H2,1-3H3. The first-order chi connectivity index (χ1) is 9.20. The van der Waals surface area contributed by atoms with Crippen molar-refractivity contribution in [2.45, 2.75) is 77.4 Å². The third-order valence-electron chi connectivity index (χ3n) is 5.65. The summed E-state index contributed by atoms with van der Waals surface area (Å²) < 4.78 is 6.25. The number of likely N-dealkylation sites (N-methyl/N-ethyl adjacent to an activating group) is 1. The highest BCUT2D eigenvalue weighted by Crippen LogP contribution is 2.32. The second kappa shape index (κ2) is 7.64. The van der Waals surface area contributed by atoms with Crippen LogP contribution in [0.15, 0.2) is 0 Å². The quantitative estimate of drug-likeness (QED) is 0.813. The number of hydrogen-bond acceptors (Lipinski definition) is 2. The van der Waals surface area contributed by atoms with Crippen LogP contribution in [0.5, 0.6) is 0 Å². The van der Waals surface area contributed by atoms with E-state index in [1.54, 1.807) is 0 Å². The molecule has 0 spiro atoms. The fourth-order valence-corrected chi connectivity index (χ4v) is 3.88. The lowest BCUT2D eigenvalue weighted by Gasteiger charge is -2.35. The Balaban J connectivity index is 1.73. The summed E-state index contributed by atoms with van der Waals surface area (Å²) in [6.45, 7) is 5.70. The second-order valence-electron chi connectivity index (χ2n) is 7.02. The maximum atomic E-state index is 6.25. The summed E-state index contributed by atoms with van der Waals surface area (Å²) >= 11 is 0. The first-order valence-corrected chi connectivity index (χ1v) is 8.49. The zero-order valence-electron chi connectivity index (χ0n) is 13.2. The van der Waals surface area contributed by atoms with Crippen molar-refractivity contribution in [2.24, 2.45) is 17.8 Å². The molecule has 0 aliphatic heterocycles. The Morgan fingerprint density at radius 1 is 1.00 bits per heavy atom. The van der Waals surface area contributed by atoms with Crippen LogP contribution in [0.25, 0.3) is 0 Å². The van der Waals surface area contributed by atoms with Crippen molar-refractivity contribution in [3.8, 4) is 0 Å². The Bertz CT molecular complexity index is 250. The molecule has 0 aromatic carbocycles. The van der Waals surface area contributed by atoms with Crippen molar-refractivity contribution in [1.29, 1.82) is 0 Å². The van der Waals surface area contributed by atoms with Crippen LogP contribution in [0.1, 0.15) is 65.2 Å². The van der Waals surface area contributed by atoms with Crippen molar-refractivity contribution in [2.75, 3.05) is 13.7 Å². The normalized spacial score (nSPS) is 35.2. The van der Waals surface area contributed by atoms with Crippen LogP contribution in [-0.4, -0.2) is 25.8 Å². The Morgan fingerprint density at radius 3 is 2.37 bits per heavy atom. The maximum Gasteiger partial charge on any atom is 0.0625 e. The number of rotatable bonds is 5. The summed E-state index contributed by atoms with van der Waals surface area (Å²) in [4.78, 5) is 0. The van der Waals surface area contributed by atoms with Crippen LogP contribution >= 0.6 is 0 Å². The van der Waals surface area contributed by atoms with Gasteiger partial charge in [0, 0.05) is 6.04 Å². The van der Waals surface area contributed by atoms with Crippen LogP contribution in [-0.2, 0) is 4.74 Å². The molecule has 0 saturated heterocycles. The van der Waals surface area contributed by atoms with E-state index >= 15 is 0 Å². The molecule has 2 fully saturated rings. The van der Waals surface area contributed by atoms with Crippen molar-refractivity contribution >= 4 is 0 Å². The van der Waals surface area contributed by atoms with E-state index < -0.39 is 0 Å². The van der Waals surface area contributed by atoms with Gasteiger partial charge in [-0.3, -0.25) is 0 Å². The summed E-state index contributed by atoms with van der Waals surface area (Å²) in [5, 5.41) is 3.51. The van der Waals surface area contributed by atoms with E-state index in [-0.39, 0.29) is 0 Å². The van der Waals surface area contributed by atoms with Gasteiger partial charge in [-0.05, 0) is 56.9 Å². The molecule has 2 heteroatoms. The van der Waals surface area contributed by atoms with Gasteiger partial charge in [-0.25, -0.2) is 0 Å². The smallest absolute Gasteiger partial charge is 0.0625 e. The van der Waals surface area contributed by atoms with Gasteiger partial charge in [0.05, 0.1) is 12.7 Å². The van der Waals surface area contributed by atoms with Gasteiger partial charge in [-0.1, -0.05) is 33.1 Å². The molecule has 2 aliphatic carbocycles. The van der Waals surface area contributed by atoms with E-state index in [0.29, 0.717) is 12.1 Å². The molecule has 2 rings (SSSR count). The highest BCUT2D eigenvalue weighted by atomic mass is 16.5. The number of nitrogens with one attached hydrogen (secondary N) is 1. The first kappa shape index (κ1) is 15.3. The molecule has 0 radical (unpaired) electrons. The molecule has 112 valence electrons. The summed E-state index contributed by atoms with van der Waals surface area (Å²) in [5.41, 5.74) is 0. The average Bonchev–Trinajstić information content (AvgIpc) is 2.44. The van der Waals surface area contributed by atoms with Gasteiger partial charge in [0.2, 0.25) is 0 Å². The minimum Gasteiger partial charge on any atom is -0.377 e. The van der Waals surface area contributed by atoms with E-state index in [0.717, 1.165) is 24.4 Å². The third kappa shape index (κ3) is 4.46. The Hall–Kier alpha value is -0.0800. The largest absolute Gasteiger partial charge is 0.377 e. The lowest BCUT2D eigenvalue weighted by molar-refractivity contribution is -0.0155. The molecule has 0 aromatic rings. The lowest BCUT2D eigenvalue weighted by Crippen LogP contribution is -2.40. The zero-order chi connectivity index (χ0) is 13.7. The molecule has 0 heterocycles. The molecule has 0 amide bonds. The van der Waals surface area contributed by atoms with Gasteiger partial charge in [0.15, 0.2) is 0 Å². The Morgan fingerprint density at radius 2 is 1.74 bits per heavy atom. The minimum absolute atomic E-state index is 0.519. The van der Waals surface area contributed by atoms with E-state index in [4.69, 9.17) is 4.74 Å². The fourth-order valence-electron chi connectivity index (χ4n) is 3.88. The van der Waals surface area contributed by atoms with E-state index in [1.165, 1.54) is 51.4 Å². The molecule has 4 atom stereocenters. The Kier molecular flexibility index (Phi) is 6.15. The van der Waals surface area contributed by atoms with Gasteiger partial charge >= 0.3 is 0 Å². The number of ether oxygens (including phenoxy) is 1. The third-order valence-corrected chi connectivity index (χ3v) is 5.65. The SMILES string of the molecule is CNC(COC1CCC(C)C(C)C1)C1CCCCC1. The molecule has 19 heavy (non-hydrogen) atoms. The Labute approximate surface area is 119 Å². The van der Waals surface area contributed by atoms with Gasteiger partial charge in [0.25, 0.3) is 0 Å². The highest BCUT2D eigenvalue weighted by Gasteiger charge is 2.27. The molecule has 2 nitrogen and oxygen atoms in total. The molecule has 0 aromatic heterocycles. The predicted molar refractivity (Wildman–Crippen MR) is 81.3 cm³/mol. The average molecular weight is 267 g/mol. The van der Waals surface area contributed by atoms with Gasteiger partial charge < -0.3 is 10.1 Å². The van der Waals surface area contributed by atoms with Gasteiger partial charge in [-0.15, -0.1) is 0 Å². The monoisotopic (exact) mass is 267 g/mol.